The molecule has 0 radical (unpaired) electrons. The summed E-state index contributed by atoms with van der Waals surface area (Å²) in [6.45, 7) is 0.581. The lowest BCUT2D eigenvalue weighted by Gasteiger charge is -2.10. The Balaban J connectivity index is 2.15. The first-order chi connectivity index (χ1) is 9.53. The molecule has 20 heavy (non-hydrogen) atoms. The molecule has 0 fully saturated rings. The van der Waals surface area contributed by atoms with Crippen molar-refractivity contribution in [1.29, 1.82) is 0 Å². The second kappa shape index (κ2) is 6.37. The maximum absolute atomic E-state index is 12.1. The summed E-state index contributed by atoms with van der Waals surface area (Å²) in [6, 6.07) is 13.5. The van der Waals surface area contributed by atoms with Crippen LogP contribution in [-0.2, 0) is 23.1 Å². The summed E-state index contributed by atoms with van der Waals surface area (Å²) in [6.07, 6.45) is 0. The van der Waals surface area contributed by atoms with E-state index >= 15 is 0 Å². The first kappa shape index (κ1) is 15.0. The Bertz CT molecular complexity index is 685. The molecule has 3 N–H and O–H groups in total. The van der Waals surface area contributed by atoms with Gasteiger partial charge in [0.1, 0.15) is 0 Å². The third-order valence-electron chi connectivity index (χ3n) is 2.91. The molecule has 106 valence electrons. The largest absolute Gasteiger partial charge is 0.326 e. The van der Waals surface area contributed by atoms with Crippen LogP contribution in [0.5, 0.6) is 0 Å². The Kier molecular flexibility index (Phi) is 4.77. The number of benzene rings is 2. The van der Waals surface area contributed by atoms with Crippen LogP contribution in [0.3, 0.4) is 0 Å². The van der Waals surface area contributed by atoms with Crippen LogP contribution in [-0.4, -0.2) is 8.42 Å². The van der Waals surface area contributed by atoms with E-state index in [0.29, 0.717) is 11.6 Å². The molecule has 6 heteroatoms. The van der Waals surface area contributed by atoms with Gasteiger partial charge in [0.15, 0.2) is 0 Å². The van der Waals surface area contributed by atoms with Crippen LogP contribution < -0.4 is 10.5 Å². The van der Waals surface area contributed by atoms with Crippen molar-refractivity contribution in [2.24, 2.45) is 5.73 Å². The van der Waals surface area contributed by atoms with Crippen LogP contribution in [0.4, 0.5) is 0 Å². The summed E-state index contributed by atoms with van der Waals surface area (Å²) in [7, 11) is -3.55. The van der Waals surface area contributed by atoms with Gasteiger partial charge in [0.25, 0.3) is 0 Å². The predicted molar refractivity (Wildman–Crippen MR) is 79.8 cm³/mol. The normalized spacial score (nSPS) is 11.5. The van der Waals surface area contributed by atoms with Gasteiger partial charge in [0.05, 0.1) is 4.90 Å². The predicted octanol–water partition coefficient (Wildman–Crippen LogP) is 2.28. The highest BCUT2D eigenvalue weighted by Crippen LogP contribution is 2.15. The van der Waals surface area contributed by atoms with Gasteiger partial charge in [-0.1, -0.05) is 35.9 Å². The summed E-state index contributed by atoms with van der Waals surface area (Å²) in [4.78, 5) is 0.187. The standard InChI is InChI=1S/C14H15ClN2O2S/c15-13-5-7-14(8-6-13)20(18,19)17-10-12-4-2-1-3-11(12)9-16/h1-8,17H,9-10,16H2. The van der Waals surface area contributed by atoms with E-state index in [1.807, 2.05) is 24.3 Å². The van der Waals surface area contributed by atoms with E-state index in [4.69, 9.17) is 17.3 Å². The molecule has 0 aliphatic rings. The van der Waals surface area contributed by atoms with Gasteiger partial charge in [0.2, 0.25) is 10.0 Å². The first-order valence-corrected chi connectivity index (χ1v) is 7.91. The molecule has 0 saturated heterocycles. The van der Waals surface area contributed by atoms with E-state index < -0.39 is 10.0 Å². The highest BCUT2D eigenvalue weighted by molar-refractivity contribution is 7.89. The zero-order valence-electron chi connectivity index (χ0n) is 10.7. The van der Waals surface area contributed by atoms with Crippen molar-refractivity contribution < 1.29 is 8.42 Å². The lowest BCUT2D eigenvalue weighted by Crippen LogP contribution is -2.24. The zero-order valence-corrected chi connectivity index (χ0v) is 12.3. The Hall–Kier alpha value is -1.40. The third-order valence-corrected chi connectivity index (χ3v) is 4.58. The van der Waals surface area contributed by atoms with Crippen molar-refractivity contribution in [3.8, 4) is 0 Å². The molecule has 0 amide bonds. The fourth-order valence-electron chi connectivity index (χ4n) is 1.80. The second-order valence-electron chi connectivity index (χ2n) is 4.25. The van der Waals surface area contributed by atoms with E-state index in [1.165, 1.54) is 12.1 Å². The quantitative estimate of drug-likeness (QED) is 0.890. The van der Waals surface area contributed by atoms with Crippen molar-refractivity contribution in [2.75, 3.05) is 0 Å². The smallest absolute Gasteiger partial charge is 0.240 e. The van der Waals surface area contributed by atoms with E-state index in [-0.39, 0.29) is 11.4 Å². The van der Waals surface area contributed by atoms with Crippen LogP contribution in [0.1, 0.15) is 11.1 Å². The summed E-state index contributed by atoms with van der Waals surface area (Å²) in [5, 5.41) is 0.498. The van der Waals surface area contributed by atoms with E-state index in [1.54, 1.807) is 12.1 Å². The monoisotopic (exact) mass is 310 g/mol. The Labute approximate surface area is 123 Å². The average molecular weight is 311 g/mol. The Morgan fingerprint density at radius 3 is 2.20 bits per heavy atom. The highest BCUT2D eigenvalue weighted by Gasteiger charge is 2.14. The Morgan fingerprint density at radius 2 is 1.60 bits per heavy atom. The minimum Gasteiger partial charge on any atom is -0.326 e. The van der Waals surface area contributed by atoms with Gasteiger partial charge in [-0.25, -0.2) is 13.1 Å². The zero-order chi connectivity index (χ0) is 14.6. The van der Waals surface area contributed by atoms with Gasteiger partial charge in [-0.3, -0.25) is 0 Å². The molecule has 0 unspecified atom stereocenters. The van der Waals surface area contributed by atoms with Crippen LogP contribution in [0, 0.1) is 0 Å². The molecule has 0 aliphatic heterocycles. The number of hydrogen-bond acceptors (Lipinski definition) is 3. The molecule has 0 bridgehead atoms. The van der Waals surface area contributed by atoms with E-state index in [2.05, 4.69) is 4.72 Å². The van der Waals surface area contributed by atoms with Gasteiger partial charge < -0.3 is 5.73 Å². The number of sulfonamides is 1. The Morgan fingerprint density at radius 1 is 1.00 bits per heavy atom. The molecular weight excluding hydrogens is 296 g/mol. The molecule has 0 saturated carbocycles. The van der Waals surface area contributed by atoms with Crippen molar-refractivity contribution >= 4 is 21.6 Å². The molecule has 0 atom stereocenters. The third kappa shape index (κ3) is 3.58. The summed E-state index contributed by atoms with van der Waals surface area (Å²) >= 11 is 5.75. The average Bonchev–Trinajstić information content (AvgIpc) is 2.46. The lowest BCUT2D eigenvalue weighted by molar-refractivity contribution is 0.581. The number of nitrogens with two attached hydrogens (primary N) is 1. The van der Waals surface area contributed by atoms with Gasteiger partial charge in [-0.2, -0.15) is 0 Å². The summed E-state index contributed by atoms with van der Waals surface area (Å²) in [5.41, 5.74) is 7.42. The number of rotatable bonds is 5. The molecule has 2 rings (SSSR count). The number of nitrogens with one attached hydrogen (secondary N) is 1. The lowest BCUT2D eigenvalue weighted by atomic mass is 10.1. The second-order valence-corrected chi connectivity index (χ2v) is 6.45. The number of halogens is 1. The molecule has 2 aromatic carbocycles. The molecule has 4 nitrogen and oxygen atoms in total. The van der Waals surface area contributed by atoms with Crippen LogP contribution >= 0.6 is 11.6 Å². The molecule has 0 heterocycles. The topological polar surface area (TPSA) is 72.2 Å². The molecule has 0 aromatic heterocycles. The van der Waals surface area contributed by atoms with Crippen molar-refractivity contribution in [1.82, 2.24) is 4.72 Å². The maximum Gasteiger partial charge on any atom is 0.240 e. The number of hydrogen-bond donors (Lipinski definition) is 2. The van der Waals surface area contributed by atoms with Crippen molar-refractivity contribution in [3.63, 3.8) is 0 Å². The fraction of sp³-hybridized carbons (Fsp3) is 0.143. The molecule has 0 aliphatic carbocycles. The highest BCUT2D eigenvalue weighted by atomic mass is 35.5. The minimum absolute atomic E-state index is 0.187. The van der Waals surface area contributed by atoms with E-state index in [9.17, 15) is 8.42 Å². The molecule has 0 spiro atoms. The van der Waals surface area contributed by atoms with Gasteiger partial charge in [-0.05, 0) is 35.4 Å². The van der Waals surface area contributed by atoms with Crippen LogP contribution in [0.25, 0.3) is 0 Å². The fourth-order valence-corrected chi connectivity index (χ4v) is 2.93. The van der Waals surface area contributed by atoms with Crippen LogP contribution in [0.2, 0.25) is 5.02 Å². The van der Waals surface area contributed by atoms with Gasteiger partial charge in [-0.15, -0.1) is 0 Å². The molecular formula is C14H15ClN2O2S. The summed E-state index contributed by atoms with van der Waals surface area (Å²) in [5.74, 6) is 0. The first-order valence-electron chi connectivity index (χ1n) is 6.05. The van der Waals surface area contributed by atoms with Gasteiger partial charge >= 0.3 is 0 Å². The van der Waals surface area contributed by atoms with Gasteiger partial charge in [0, 0.05) is 18.1 Å². The van der Waals surface area contributed by atoms with Crippen LogP contribution in [0.15, 0.2) is 53.4 Å². The summed E-state index contributed by atoms with van der Waals surface area (Å²) < 4.78 is 26.8. The van der Waals surface area contributed by atoms with E-state index in [0.717, 1.165) is 11.1 Å². The van der Waals surface area contributed by atoms with Crippen molar-refractivity contribution in [2.45, 2.75) is 18.0 Å². The van der Waals surface area contributed by atoms with Crippen molar-refractivity contribution in [3.05, 3.63) is 64.7 Å². The molecule has 2 aromatic rings. The minimum atomic E-state index is -3.55. The maximum atomic E-state index is 12.1. The SMILES string of the molecule is NCc1ccccc1CNS(=O)(=O)c1ccc(Cl)cc1.